The molecular weight excluding hydrogens is 230 g/mol. The van der Waals surface area contributed by atoms with Crippen molar-refractivity contribution in [3.8, 4) is 0 Å². The topological polar surface area (TPSA) is 58.4 Å². The molecule has 1 aliphatic rings. The molecule has 1 N–H and O–H groups in total. The zero-order valence-electron chi connectivity index (χ0n) is 11.5. The monoisotopic (exact) mass is 251 g/mol. The molecule has 0 aliphatic carbocycles. The van der Waals surface area contributed by atoms with Crippen LogP contribution in [0.15, 0.2) is 0 Å². The second-order valence-corrected chi connectivity index (χ2v) is 5.38. The van der Waals surface area contributed by atoms with Crippen molar-refractivity contribution in [2.45, 2.75) is 45.7 Å². The highest BCUT2D eigenvalue weighted by molar-refractivity contribution is 5.78. The Bertz CT molecular complexity index is 481. The largest absolute Gasteiger partial charge is 0.480 e. The molecule has 18 heavy (non-hydrogen) atoms. The molecule has 0 spiro atoms. The summed E-state index contributed by atoms with van der Waals surface area (Å²) in [5.41, 5.74) is 2.54. The lowest BCUT2D eigenvalue weighted by Crippen LogP contribution is -2.47. The van der Waals surface area contributed by atoms with E-state index in [1.165, 1.54) is 0 Å². The zero-order chi connectivity index (χ0) is 13.5. The van der Waals surface area contributed by atoms with Crippen molar-refractivity contribution in [2.75, 3.05) is 6.54 Å². The number of carboxylic acid groups (broad SMARTS) is 1. The van der Waals surface area contributed by atoms with Gasteiger partial charge in [0, 0.05) is 24.8 Å². The van der Waals surface area contributed by atoms with Crippen LogP contribution in [0.2, 0.25) is 0 Å². The molecule has 1 saturated heterocycles. The molecule has 0 aromatic carbocycles. The molecule has 2 heterocycles. The van der Waals surface area contributed by atoms with Crippen molar-refractivity contribution in [1.29, 1.82) is 0 Å². The van der Waals surface area contributed by atoms with Gasteiger partial charge in [0.15, 0.2) is 0 Å². The lowest BCUT2D eigenvalue weighted by molar-refractivity contribution is -0.148. The number of hydrogen-bond donors (Lipinski definition) is 1. The Labute approximate surface area is 107 Å². The maximum absolute atomic E-state index is 11.4. The van der Waals surface area contributed by atoms with Gasteiger partial charge in [-0.05, 0) is 40.2 Å². The van der Waals surface area contributed by atoms with E-state index in [2.05, 4.69) is 10.00 Å². The molecule has 2 rings (SSSR count). The van der Waals surface area contributed by atoms with Crippen LogP contribution in [-0.4, -0.2) is 37.8 Å². The molecule has 0 bridgehead atoms. The Kier molecular flexibility index (Phi) is 3.19. The summed E-state index contributed by atoms with van der Waals surface area (Å²) in [5, 5.41) is 13.8. The molecular formula is C13H21N3O2. The van der Waals surface area contributed by atoms with Crippen LogP contribution >= 0.6 is 0 Å². The van der Waals surface area contributed by atoms with E-state index in [0.717, 1.165) is 36.3 Å². The molecule has 1 fully saturated rings. The fourth-order valence-corrected chi connectivity index (χ4v) is 2.75. The summed E-state index contributed by atoms with van der Waals surface area (Å²) < 4.78 is 1.86. The number of carbonyl (C=O) groups is 1. The van der Waals surface area contributed by atoms with Gasteiger partial charge in [-0.3, -0.25) is 14.4 Å². The van der Waals surface area contributed by atoms with E-state index in [4.69, 9.17) is 0 Å². The standard InChI is InChI=1S/C13H21N3O2/c1-9-11(10(2)15(4)14-9)8-16-7-5-6-13(16,3)12(17)18/h5-8H2,1-4H3,(H,17,18). The predicted molar refractivity (Wildman–Crippen MR) is 68.4 cm³/mol. The summed E-state index contributed by atoms with van der Waals surface area (Å²) in [6.07, 6.45) is 1.67. The van der Waals surface area contributed by atoms with Crippen LogP contribution in [0.5, 0.6) is 0 Å². The first kappa shape index (κ1) is 13.1. The van der Waals surface area contributed by atoms with Crippen molar-refractivity contribution in [2.24, 2.45) is 7.05 Å². The van der Waals surface area contributed by atoms with Crippen LogP contribution in [0, 0.1) is 13.8 Å². The van der Waals surface area contributed by atoms with E-state index in [9.17, 15) is 9.90 Å². The van der Waals surface area contributed by atoms with Crippen molar-refractivity contribution >= 4 is 5.97 Å². The van der Waals surface area contributed by atoms with E-state index in [1.54, 1.807) is 0 Å². The second kappa shape index (κ2) is 4.39. The molecule has 1 unspecified atom stereocenters. The van der Waals surface area contributed by atoms with Gasteiger partial charge in [0.2, 0.25) is 0 Å². The SMILES string of the molecule is Cc1nn(C)c(C)c1CN1CCCC1(C)C(=O)O. The lowest BCUT2D eigenvalue weighted by Gasteiger charge is -2.31. The average Bonchev–Trinajstić information content (AvgIpc) is 2.77. The summed E-state index contributed by atoms with van der Waals surface area (Å²) >= 11 is 0. The van der Waals surface area contributed by atoms with E-state index in [-0.39, 0.29) is 0 Å². The van der Waals surface area contributed by atoms with Crippen molar-refractivity contribution in [3.63, 3.8) is 0 Å². The fourth-order valence-electron chi connectivity index (χ4n) is 2.75. The Balaban J connectivity index is 2.26. The van der Waals surface area contributed by atoms with Gasteiger partial charge in [-0.25, -0.2) is 0 Å². The summed E-state index contributed by atoms with van der Waals surface area (Å²) in [6.45, 7) is 7.36. The highest BCUT2D eigenvalue weighted by Gasteiger charge is 2.43. The Morgan fingerprint density at radius 3 is 2.67 bits per heavy atom. The summed E-state index contributed by atoms with van der Waals surface area (Å²) in [4.78, 5) is 13.5. The molecule has 1 aliphatic heterocycles. The van der Waals surface area contributed by atoms with Crippen LogP contribution in [0.3, 0.4) is 0 Å². The molecule has 1 aromatic rings. The first-order chi connectivity index (χ1) is 8.36. The highest BCUT2D eigenvalue weighted by Crippen LogP contribution is 2.31. The highest BCUT2D eigenvalue weighted by atomic mass is 16.4. The minimum atomic E-state index is -0.727. The normalized spacial score (nSPS) is 24.7. The molecule has 5 nitrogen and oxygen atoms in total. The van der Waals surface area contributed by atoms with Gasteiger partial charge in [-0.2, -0.15) is 5.10 Å². The molecule has 1 atom stereocenters. The number of rotatable bonds is 3. The van der Waals surface area contributed by atoms with Crippen molar-refractivity contribution in [1.82, 2.24) is 14.7 Å². The third kappa shape index (κ3) is 1.92. The number of aliphatic carboxylic acids is 1. The fraction of sp³-hybridized carbons (Fsp3) is 0.692. The zero-order valence-corrected chi connectivity index (χ0v) is 11.5. The number of aryl methyl sites for hydroxylation is 2. The molecule has 5 heteroatoms. The first-order valence-corrected chi connectivity index (χ1v) is 6.34. The first-order valence-electron chi connectivity index (χ1n) is 6.34. The average molecular weight is 251 g/mol. The number of aromatic nitrogens is 2. The molecule has 0 radical (unpaired) electrons. The quantitative estimate of drug-likeness (QED) is 0.884. The molecule has 0 saturated carbocycles. The van der Waals surface area contributed by atoms with Crippen LogP contribution < -0.4 is 0 Å². The Hall–Kier alpha value is -1.36. The van der Waals surface area contributed by atoms with E-state index < -0.39 is 11.5 Å². The maximum atomic E-state index is 11.4. The van der Waals surface area contributed by atoms with Crippen molar-refractivity contribution < 1.29 is 9.90 Å². The van der Waals surface area contributed by atoms with E-state index in [1.807, 2.05) is 32.5 Å². The van der Waals surface area contributed by atoms with Gasteiger partial charge < -0.3 is 5.11 Å². The predicted octanol–water partition coefficient (Wildman–Crippen LogP) is 1.48. The smallest absolute Gasteiger partial charge is 0.323 e. The second-order valence-electron chi connectivity index (χ2n) is 5.38. The third-order valence-corrected chi connectivity index (χ3v) is 4.26. The third-order valence-electron chi connectivity index (χ3n) is 4.26. The van der Waals surface area contributed by atoms with Gasteiger partial charge in [-0.1, -0.05) is 0 Å². The van der Waals surface area contributed by atoms with Gasteiger partial charge >= 0.3 is 5.97 Å². The van der Waals surface area contributed by atoms with Gasteiger partial charge in [0.05, 0.1) is 5.69 Å². The summed E-state index contributed by atoms with van der Waals surface area (Å²) in [7, 11) is 1.92. The summed E-state index contributed by atoms with van der Waals surface area (Å²) in [5.74, 6) is -0.723. The number of likely N-dealkylation sites (tertiary alicyclic amines) is 1. The van der Waals surface area contributed by atoms with Crippen LogP contribution in [0.1, 0.15) is 36.7 Å². The van der Waals surface area contributed by atoms with Gasteiger partial charge in [0.1, 0.15) is 5.54 Å². The molecule has 100 valence electrons. The van der Waals surface area contributed by atoms with Crippen LogP contribution in [-0.2, 0) is 18.4 Å². The van der Waals surface area contributed by atoms with Crippen LogP contribution in [0.4, 0.5) is 0 Å². The Morgan fingerprint density at radius 2 is 2.17 bits per heavy atom. The molecule has 1 aromatic heterocycles. The molecule has 0 amide bonds. The van der Waals surface area contributed by atoms with Crippen LogP contribution in [0.25, 0.3) is 0 Å². The summed E-state index contributed by atoms with van der Waals surface area (Å²) in [6, 6.07) is 0. The lowest BCUT2D eigenvalue weighted by atomic mass is 9.98. The van der Waals surface area contributed by atoms with Gasteiger partial charge in [-0.15, -0.1) is 0 Å². The Morgan fingerprint density at radius 1 is 1.50 bits per heavy atom. The number of carboxylic acids is 1. The van der Waals surface area contributed by atoms with Crippen molar-refractivity contribution in [3.05, 3.63) is 17.0 Å². The van der Waals surface area contributed by atoms with E-state index >= 15 is 0 Å². The number of hydrogen-bond acceptors (Lipinski definition) is 3. The minimum Gasteiger partial charge on any atom is -0.480 e. The number of nitrogens with zero attached hydrogens (tertiary/aromatic N) is 3. The van der Waals surface area contributed by atoms with E-state index in [0.29, 0.717) is 6.54 Å². The minimum absolute atomic E-state index is 0.675. The maximum Gasteiger partial charge on any atom is 0.323 e. The van der Waals surface area contributed by atoms with Gasteiger partial charge in [0.25, 0.3) is 0 Å².